The lowest BCUT2D eigenvalue weighted by molar-refractivity contribution is -0.119. The van der Waals surface area contributed by atoms with E-state index in [0.29, 0.717) is 24.6 Å². The highest BCUT2D eigenvalue weighted by atomic mass is 16.5. The van der Waals surface area contributed by atoms with Crippen molar-refractivity contribution in [2.45, 2.75) is 58.1 Å². The SMILES string of the molecule is CCC1CCc2ccccc2N1C(=O)CCc1nc(C(C)OC)no1. The van der Waals surface area contributed by atoms with Gasteiger partial charge in [0.2, 0.25) is 11.8 Å². The zero-order valence-corrected chi connectivity index (χ0v) is 15.1. The Balaban J connectivity index is 1.70. The first-order valence-corrected chi connectivity index (χ1v) is 8.89. The number of aromatic nitrogens is 2. The second-order valence-corrected chi connectivity index (χ2v) is 6.42. The molecule has 0 saturated carbocycles. The molecule has 3 rings (SSSR count). The number of para-hydroxylation sites is 1. The van der Waals surface area contributed by atoms with Crippen LogP contribution in [0.3, 0.4) is 0 Å². The Morgan fingerprint density at radius 2 is 2.24 bits per heavy atom. The third-order valence-corrected chi connectivity index (χ3v) is 4.86. The van der Waals surface area contributed by atoms with Crippen LogP contribution in [0.5, 0.6) is 0 Å². The minimum Gasteiger partial charge on any atom is -0.374 e. The molecule has 0 bridgehead atoms. The fourth-order valence-corrected chi connectivity index (χ4v) is 3.30. The van der Waals surface area contributed by atoms with Gasteiger partial charge in [-0.15, -0.1) is 0 Å². The van der Waals surface area contributed by atoms with E-state index in [9.17, 15) is 4.79 Å². The summed E-state index contributed by atoms with van der Waals surface area (Å²) in [4.78, 5) is 19.2. The van der Waals surface area contributed by atoms with Crippen molar-refractivity contribution >= 4 is 11.6 Å². The first-order valence-electron chi connectivity index (χ1n) is 8.89. The molecule has 0 saturated heterocycles. The predicted molar refractivity (Wildman–Crippen MR) is 94.4 cm³/mol. The van der Waals surface area contributed by atoms with Crippen molar-refractivity contribution in [2.24, 2.45) is 0 Å². The van der Waals surface area contributed by atoms with Crippen LogP contribution in [0.1, 0.15) is 56.5 Å². The first-order chi connectivity index (χ1) is 12.1. The Morgan fingerprint density at radius 3 is 3.00 bits per heavy atom. The first kappa shape index (κ1) is 17.6. The average Bonchev–Trinajstić information content (AvgIpc) is 3.13. The summed E-state index contributed by atoms with van der Waals surface area (Å²) in [6.07, 6.45) is 3.57. The number of hydrogen-bond acceptors (Lipinski definition) is 5. The molecule has 0 fully saturated rings. The number of ether oxygens (including phenoxy) is 1. The molecule has 6 heteroatoms. The minimum atomic E-state index is -0.216. The summed E-state index contributed by atoms with van der Waals surface area (Å²) in [5.74, 6) is 1.10. The van der Waals surface area contributed by atoms with E-state index in [1.54, 1.807) is 7.11 Å². The summed E-state index contributed by atoms with van der Waals surface area (Å²) in [7, 11) is 1.60. The topological polar surface area (TPSA) is 68.5 Å². The fourth-order valence-electron chi connectivity index (χ4n) is 3.30. The van der Waals surface area contributed by atoms with Crippen LogP contribution in [0.2, 0.25) is 0 Å². The lowest BCUT2D eigenvalue weighted by Gasteiger charge is -2.37. The third kappa shape index (κ3) is 3.74. The number of fused-ring (bicyclic) bond motifs is 1. The molecular weight excluding hydrogens is 318 g/mol. The van der Waals surface area contributed by atoms with Gasteiger partial charge in [0.25, 0.3) is 0 Å². The Bertz CT molecular complexity index is 728. The Morgan fingerprint density at radius 1 is 1.44 bits per heavy atom. The van der Waals surface area contributed by atoms with Crippen molar-refractivity contribution in [1.29, 1.82) is 0 Å². The number of benzene rings is 1. The second kappa shape index (κ2) is 7.78. The van der Waals surface area contributed by atoms with Crippen LogP contribution < -0.4 is 4.90 Å². The van der Waals surface area contributed by atoms with E-state index in [-0.39, 0.29) is 18.1 Å². The van der Waals surface area contributed by atoms with E-state index in [2.05, 4.69) is 23.1 Å². The summed E-state index contributed by atoms with van der Waals surface area (Å²) in [6.45, 7) is 3.99. The van der Waals surface area contributed by atoms with Gasteiger partial charge in [-0.2, -0.15) is 4.98 Å². The van der Waals surface area contributed by atoms with E-state index in [0.717, 1.165) is 24.9 Å². The zero-order valence-electron chi connectivity index (χ0n) is 15.1. The van der Waals surface area contributed by atoms with E-state index in [1.807, 2.05) is 30.0 Å². The monoisotopic (exact) mass is 343 g/mol. The van der Waals surface area contributed by atoms with Crippen molar-refractivity contribution < 1.29 is 14.1 Å². The van der Waals surface area contributed by atoms with Crippen LogP contribution in [0.4, 0.5) is 5.69 Å². The largest absolute Gasteiger partial charge is 0.374 e. The predicted octanol–water partition coefficient (Wildman–Crippen LogP) is 3.47. The van der Waals surface area contributed by atoms with E-state index < -0.39 is 0 Å². The smallest absolute Gasteiger partial charge is 0.227 e. The molecule has 2 heterocycles. The number of carbonyl (C=O) groups excluding carboxylic acids is 1. The molecule has 1 aliphatic heterocycles. The summed E-state index contributed by atoms with van der Waals surface area (Å²) < 4.78 is 10.4. The Kier molecular flexibility index (Phi) is 5.48. The number of rotatable bonds is 6. The molecule has 25 heavy (non-hydrogen) atoms. The van der Waals surface area contributed by atoms with Gasteiger partial charge < -0.3 is 14.2 Å². The molecular formula is C19H25N3O3. The van der Waals surface area contributed by atoms with Crippen LogP contribution in [-0.4, -0.2) is 29.2 Å². The highest BCUT2D eigenvalue weighted by Gasteiger charge is 2.29. The van der Waals surface area contributed by atoms with Crippen molar-refractivity contribution in [3.05, 3.63) is 41.5 Å². The average molecular weight is 343 g/mol. The number of nitrogens with zero attached hydrogens (tertiary/aromatic N) is 3. The van der Waals surface area contributed by atoms with Gasteiger partial charge in [-0.05, 0) is 37.8 Å². The lowest BCUT2D eigenvalue weighted by atomic mass is 9.94. The van der Waals surface area contributed by atoms with Gasteiger partial charge in [0.1, 0.15) is 6.10 Å². The van der Waals surface area contributed by atoms with E-state index in [4.69, 9.17) is 9.26 Å². The summed E-state index contributed by atoms with van der Waals surface area (Å²) in [5.41, 5.74) is 2.29. The molecule has 0 spiro atoms. The van der Waals surface area contributed by atoms with Crippen molar-refractivity contribution in [1.82, 2.24) is 10.1 Å². The van der Waals surface area contributed by atoms with Crippen molar-refractivity contribution in [3.63, 3.8) is 0 Å². The second-order valence-electron chi connectivity index (χ2n) is 6.42. The molecule has 134 valence electrons. The number of carbonyl (C=O) groups is 1. The van der Waals surface area contributed by atoms with E-state index >= 15 is 0 Å². The van der Waals surface area contributed by atoms with Crippen LogP contribution in [-0.2, 0) is 22.4 Å². The van der Waals surface area contributed by atoms with Gasteiger partial charge in [0.15, 0.2) is 5.82 Å². The highest BCUT2D eigenvalue weighted by molar-refractivity contribution is 5.95. The molecule has 1 aromatic carbocycles. The number of aryl methyl sites for hydroxylation is 2. The number of hydrogen-bond donors (Lipinski definition) is 0. The maximum Gasteiger partial charge on any atom is 0.227 e. The summed E-state index contributed by atoms with van der Waals surface area (Å²) >= 11 is 0. The molecule has 0 N–H and O–H groups in total. The molecule has 2 atom stereocenters. The molecule has 1 aliphatic rings. The molecule has 6 nitrogen and oxygen atoms in total. The maximum atomic E-state index is 12.9. The van der Waals surface area contributed by atoms with Crippen LogP contribution in [0.25, 0.3) is 0 Å². The summed E-state index contributed by atoms with van der Waals surface area (Å²) in [5, 5.41) is 3.91. The maximum absolute atomic E-state index is 12.9. The summed E-state index contributed by atoms with van der Waals surface area (Å²) in [6, 6.07) is 8.44. The third-order valence-electron chi connectivity index (χ3n) is 4.86. The molecule has 0 radical (unpaired) electrons. The molecule has 2 unspecified atom stereocenters. The minimum absolute atomic E-state index is 0.110. The van der Waals surface area contributed by atoms with E-state index in [1.165, 1.54) is 5.56 Å². The van der Waals surface area contributed by atoms with Gasteiger partial charge in [-0.3, -0.25) is 4.79 Å². The van der Waals surface area contributed by atoms with Crippen molar-refractivity contribution in [2.75, 3.05) is 12.0 Å². The van der Waals surface area contributed by atoms with Crippen molar-refractivity contribution in [3.8, 4) is 0 Å². The number of amides is 1. The van der Waals surface area contributed by atoms with Crippen LogP contribution in [0, 0.1) is 0 Å². The van der Waals surface area contributed by atoms with Gasteiger partial charge in [-0.25, -0.2) is 0 Å². The molecule has 2 aromatic rings. The quantitative estimate of drug-likeness (QED) is 0.803. The Hall–Kier alpha value is -2.21. The lowest BCUT2D eigenvalue weighted by Crippen LogP contribution is -2.43. The van der Waals surface area contributed by atoms with Crippen LogP contribution >= 0.6 is 0 Å². The van der Waals surface area contributed by atoms with Gasteiger partial charge in [-0.1, -0.05) is 30.3 Å². The number of anilines is 1. The van der Waals surface area contributed by atoms with Gasteiger partial charge in [0, 0.05) is 31.7 Å². The zero-order chi connectivity index (χ0) is 17.8. The van der Waals surface area contributed by atoms with Crippen LogP contribution in [0.15, 0.2) is 28.8 Å². The standard InChI is InChI=1S/C19H25N3O3/c1-4-15-10-9-14-7-5-6-8-16(14)22(15)18(23)12-11-17-20-19(21-25-17)13(2)24-3/h5-8,13,15H,4,9-12H2,1-3H3. The molecule has 0 aliphatic carbocycles. The normalized spacial score (nSPS) is 18.0. The van der Waals surface area contributed by atoms with Gasteiger partial charge >= 0.3 is 0 Å². The molecule has 1 aromatic heterocycles. The fraction of sp³-hybridized carbons (Fsp3) is 0.526. The number of methoxy groups -OCH3 is 1. The Labute approximate surface area is 148 Å². The molecule has 1 amide bonds. The highest BCUT2D eigenvalue weighted by Crippen LogP contribution is 2.32. The van der Waals surface area contributed by atoms with Gasteiger partial charge in [0.05, 0.1) is 0 Å².